The van der Waals surface area contributed by atoms with Crippen molar-refractivity contribution < 1.29 is 13.9 Å². The normalized spacial score (nSPS) is 10.6. The van der Waals surface area contributed by atoms with Crippen molar-refractivity contribution in [2.75, 3.05) is 26.0 Å². The van der Waals surface area contributed by atoms with Crippen LogP contribution in [-0.4, -0.2) is 31.5 Å². The number of methoxy groups -OCH3 is 1. The fourth-order valence-corrected chi connectivity index (χ4v) is 1.87. The molecule has 1 aromatic heterocycles. The second-order valence-corrected chi connectivity index (χ2v) is 4.53. The summed E-state index contributed by atoms with van der Waals surface area (Å²) in [7, 11) is 3.46. The molecule has 0 fully saturated rings. The van der Waals surface area contributed by atoms with Crippen LogP contribution in [-0.2, 0) is 11.3 Å². The van der Waals surface area contributed by atoms with Gasteiger partial charge in [-0.25, -0.2) is 0 Å². The molecular weight excluding hydrogens is 256 g/mol. The highest BCUT2D eigenvalue weighted by molar-refractivity contribution is 5.92. The molecule has 0 radical (unpaired) electrons. The molecule has 0 aliphatic carbocycles. The average Bonchev–Trinajstić information content (AvgIpc) is 2.91. The number of ether oxygens (including phenoxy) is 1. The second-order valence-electron chi connectivity index (χ2n) is 4.53. The molecule has 1 amide bonds. The Kier molecular flexibility index (Phi) is 4.79. The third-order valence-corrected chi connectivity index (χ3v) is 2.77. The van der Waals surface area contributed by atoms with E-state index in [0.717, 1.165) is 11.4 Å². The number of likely N-dealkylation sites (N-methyl/N-ethyl adjacent to an activating group) is 1. The van der Waals surface area contributed by atoms with E-state index in [1.54, 1.807) is 19.4 Å². The molecule has 0 atom stereocenters. The molecule has 20 heavy (non-hydrogen) atoms. The van der Waals surface area contributed by atoms with Gasteiger partial charge in [0.1, 0.15) is 11.5 Å². The maximum atomic E-state index is 11.9. The molecule has 2 aromatic rings. The first-order valence-electron chi connectivity index (χ1n) is 6.32. The molecule has 0 aliphatic heterocycles. The van der Waals surface area contributed by atoms with Crippen molar-refractivity contribution >= 4 is 11.6 Å². The molecule has 1 heterocycles. The lowest BCUT2D eigenvalue weighted by molar-refractivity contribution is -0.117. The van der Waals surface area contributed by atoms with Crippen LogP contribution in [0.5, 0.6) is 5.75 Å². The van der Waals surface area contributed by atoms with E-state index in [9.17, 15) is 4.79 Å². The fraction of sp³-hybridized carbons (Fsp3) is 0.267. The molecule has 0 bridgehead atoms. The highest BCUT2D eigenvalue weighted by Gasteiger charge is 2.09. The van der Waals surface area contributed by atoms with Gasteiger partial charge in [-0.3, -0.25) is 9.69 Å². The van der Waals surface area contributed by atoms with Crippen molar-refractivity contribution in [3.63, 3.8) is 0 Å². The summed E-state index contributed by atoms with van der Waals surface area (Å²) in [5, 5.41) is 2.84. The molecule has 0 spiro atoms. The van der Waals surface area contributed by atoms with Gasteiger partial charge in [-0.1, -0.05) is 6.07 Å². The Balaban J connectivity index is 1.85. The molecule has 0 saturated carbocycles. The van der Waals surface area contributed by atoms with Gasteiger partial charge in [0.05, 0.1) is 26.5 Å². The van der Waals surface area contributed by atoms with Crippen LogP contribution in [0.3, 0.4) is 0 Å². The third kappa shape index (κ3) is 4.13. The minimum atomic E-state index is -0.0766. The molecule has 2 rings (SSSR count). The van der Waals surface area contributed by atoms with E-state index in [2.05, 4.69) is 5.32 Å². The van der Waals surface area contributed by atoms with Gasteiger partial charge in [0, 0.05) is 11.8 Å². The van der Waals surface area contributed by atoms with Gasteiger partial charge in [-0.2, -0.15) is 0 Å². The van der Waals surface area contributed by atoms with E-state index in [4.69, 9.17) is 9.15 Å². The number of hydrogen-bond acceptors (Lipinski definition) is 4. The zero-order valence-corrected chi connectivity index (χ0v) is 11.6. The van der Waals surface area contributed by atoms with E-state index < -0.39 is 0 Å². The van der Waals surface area contributed by atoms with Crippen molar-refractivity contribution in [3.8, 4) is 5.75 Å². The first-order chi connectivity index (χ1) is 9.67. The predicted octanol–water partition coefficient (Wildman–Crippen LogP) is 2.36. The summed E-state index contributed by atoms with van der Waals surface area (Å²) in [6, 6.07) is 11.0. The lowest BCUT2D eigenvalue weighted by Gasteiger charge is -2.15. The van der Waals surface area contributed by atoms with Crippen molar-refractivity contribution in [3.05, 3.63) is 48.4 Å². The number of nitrogens with one attached hydrogen (secondary N) is 1. The van der Waals surface area contributed by atoms with Crippen LogP contribution in [0.15, 0.2) is 47.1 Å². The summed E-state index contributed by atoms with van der Waals surface area (Å²) in [5.74, 6) is 1.47. The monoisotopic (exact) mass is 274 g/mol. The number of furan rings is 1. The fourth-order valence-electron chi connectivity index (χ4n) is 1.87. The molecular formula is C15H18N2O3. The minimum Gasteiger partial charge on any atom is -0.497 e. The van der Waals surface area contributed by atoms with Crippen LogP contribution < -0.4 is 10.1 Å². The Morgan fingerprint density at radius 2 is 2.20 bits per heavy atom. The number of anilines is 1. The SMILES string of the molecule is COc1cccc(NC(=O)CN(C)Cc2ccco2)c1. The van der Waals surface area contributed by atoms with Crippen LogP contribution in [0.4, 0.5) is 5.69 Å². The molecule has 0 aliphatic rings. The number of amides is 1. The van der Waals surface area contributed by atoms with E-state index >= 15 is 0 Å². The molecule has 0 unspecified atom stereocenters. The molecule has 1 aromatic carbocycles. The predicted molar refractivity (Wildman–Crippen MR) is 76.7 cm³/mol. The molecule has 0 saturated heterocycles. The van der Waals surface area contributed by atoms with Gasteiger partial charge in [0.2, 0.25) is 5.91 Å². The second kappa shape index (κ2) is 6.77. The lowest BCUT2D eigenvalue weighted by atomic mass is 10.3. The Labute approximate surface area is 118 Å². The summed E-state index contributed by atoms with van der Waals surface area (Å²) < 4.78 is 10.4. The first kappa shape index (κ1) is 14.1. The maximum Gasteiger partial charge on any atom is 0.238 e. The Bertz CT molecular complexity index is 552. The number of carbonyl (C=O) groups is 1. The minimum absolute atomic E-state index is 0.0766. The highest BCUT2D eigenvalue weighted by Crippen LogP contribution is 2.16. The zero-order valence-electron chi connectivity index (χ0n) is 11.6. The largest absolute Gasteiger partial charge is 0.497 e. The maximum absolute atomic E-state index is 11.9. The topological polar surface area (TPSA) is 54.7 Å². The van der Waals surface area contributed by atoms with Crippen molar-refractivity contribution in [1.29, 1.82) is 0 Å². The van der Waals surface area contributed by atoms with E-state index in [0.29, 0.717) is 12.3 Å². The zero-order chi connectivity index (χ0) is 14.4. The van der Waals surface area contributed by atoms with Gasteiger partial charge in [0.25, 0.3) is 0 Å². The van der Waals surface area contributed by atoms with Crippen LogP contribution in [0, 0.1) is 0 Å². The number of rotatable bonds is 6. The van der Waals surface area contributed by atoms with Gasteiger partial charge in [-0.05, 0) is 31.3 Å². The third-order valence-electron chi connectivity index (χ3n) is 2.77. The van der Waals surface area contributed by atoms with Gasteiger partial charge < -0.3 is 14.5 Å². The number of hydrogen-bond donors (Lipinski definition) is 1. The Morgan fingerprint density at radius 3 is 2.90 bits per heavy atom. The average molecular weight is 274 g/mol. The molecule has 1 N–H and O–H groups in total. The van der Waals surface area contributed by atoms with Crippen molar-refractivity contribution in [1.82, 2.24) is 4.90 Å². The van der Waals surface area contributed by atoms with Gasteiger partial charge in [-0.15, -0.1) is 0 Å². The smallest absolute Gasteiger partial charge is 0.238 e. The van der Waals surface area contributed by atoms with Crippen LogP contribution >= 0.6 is 0 Å². The summed E-state index contributed by atoms with van der Waals surface area (Å²) >= 11 is 0. The lowest BCUT2D eigenvalue weighted by Crippen LogP contribution is -2.29. The summed E-state index contributed by atoms with van der Waals surface area (Å²) in [4.78, 5) is 13.8. The molecule has 5 nitrogen and oxygen atoms in total. The summed E-state index contributed by atoms with van der Waals surface area (Å²) in [6.45, 7) is 0.885. The number of nitrogens with zero attached hydrogens (tertiary/aromatic N) is 1. The highest BCUT2D eigenvalue weighted by atomic mass is 16.5. The molecule has 5 heteroatoms. The standard InChI is InChI=1S/C15H18N2O3/c1-17(10-14-7-4-8-20-14)11-15(18)16-12-5-3-6-13(9-12)19-2/h3-9H,10-11H2,1-2H3,(H,16,18). The van der Waals surface area contributed by atoms with Crippen LogP contribution in [0.1, 0.15) is 5.76 Å². The van der Waals surface area contributed by atoms with Crippen LogP contribution in [0.25, 0.3) is 0 Å². The quantitative estimate of drug-likeness (QED) is 0.878. The van der Waals surface area contributed by atoms with E-state index in [1.807, 2.05) is 42.3 Å². The first-order valence-corrected chi connectivity index (χ1v) is 6.32. The Morgan fingerprint density at radius 1 is 1.35 bits per heavy atom. The van der Waals surface area contributed by atoms with Crippen molar-refractivity contribution in [2.45, 2.75) is 6.54 Å². The Hall–Kier alpha value is -2.27. The molecule has 106 valence electrons. The summed E-state index contributed by atoms with van der Waals surface area (Å²) in [5.41, 5.74) is 0.723. The van der Waals surface area contributed by atoms with Gasteiger partial charge in [0.15, 0.2) is 0 Å². The van der Waals surface area contributed by atoms with E-state index in [1.165, 1.54) is 0 Å². The van der Waals surface area contributed by atoms with Crippen molar-refractivity contribution in [2.24, 2.45) is 0 Å². The number of carbonyl (C=O) groups excluding carboxylic acids is 1. The number of benzene rings is 1. The van der Waals surface area contributed by atoms with Gasteiger partial charge >= 0.3 is 0 Å². The van der Waals surface area contributed by atoms with E-state index in [-0.39, 0.29) is 12.5 Å². The van der Waals surface area contributed by atoms with Crippen LogP contribution in [0.2, 0.25) is 0 Å². The summed E-state index contributed by atoms with van der Waals surface area (Å²) in [6.07, 6.45) is 1.62.